The molecule has 1 N–H and O–H groups in total. The second kappa shape index (κ2) is 4.63. The molecule has 0 aliphatic rings. The minimum absolute atomic E-state index is 0.0540. The maximum absolute atomic E-state index is 12.0. The standard InChI is InChI=1S/C12H10BrCl2NO/c1-5(2)8-4-9(17)6-3-7(13)10(14)11(15)12(6)16-8/h3-5H,1-2H3,(H,16,17). The van der Waals surface area contributed by atoms with E-state index < -0.39 is 0 Å². The van der Waals surface area contributed by atoms with Crippen molar-refractivity contribution in [3.05, 3.63) is 42.6 Å². The fraction of sp³-hybridized carbons (Fsp3) is 0.250. The van der Waals surface area contributed by atoms with Gasteiger partial charge in [0.15, 0.2) is 5.43 Å². The summed E-state index contributed by atoms with van der Waals surface area (Å²) in [5, 5.41) is 1.32. The molecule has 0 aliphatic heterocycles. The summed E-state index contributed by atoms with van der Waals surface area (Å²) < 4.78 is 0.625. The smallest absolute Gasteiger partial charge is 0.189 e. The second-order valence-corrected chi connectivity index (χ2v) is 5.76. The van der Waals surface area contributed by atoms with Crippen molar-refractivity contribution in [2.45, 2.75) is 19.8 Å². The van der Waals surface area contributed by atoms with E-state index in [9.17, 15) is 4.79 Å². The number of aromatic nitrogens is 1. The normalized spacial score (nSPS) is 11.4. The molecule has 2 nitrogen and oxygen atoms in total. The van der Waals surface area contributed by atoms with Gasteiger partial charge in [0.25, 0.3) is 0 Å². The Hall–Kier alpha value is -0.510. The first-order chi connectivity index (χ1) is 7.91. The molecule has 17 heavy (non-hydrogen) atoms. The number of aromatic amines is 1. The Morgan fingerprint density at radius 3 is 2.47 bits per heavy atom. The molecule has 0 saturated heterocycles. The van der Waals surface area contributed by atoms with E-state index in [1.165, 1.54) is 0 Å². The number of hydrogen-bond acceptors (Lipinski definition) is 1. The Labute approximate surface area is 117 Å². The number of H-pyrrole nitrogens is 1. The molecule has 90 valence electrons. The van der Waals surface area contributed by atoms with Gasteiger partial charge >= 0.3 is 0 Å². The fourth-order valence-corrected chi connectivity index (χ4v) is 2.56. The molecule has 1 aromatic heterocycles. The third-order valence-corrected chi connectivity index (χ3v) is 4.33. The Morgan fingerprint density at radius 2 is 1.88 bits per heavy atom. The van der Waals surface area contributed by atoms with Crippen LogP contribution < -0.4 is 5.43 Å². The molecule has 0 amide bonds. The number of nitrogens with one attached hydrogen (secondary N) is 1. The number of benzene rings is 1. The van der Waals surface area contributed by atoms with Gasteiger partial charge < -0.3 is 4.98 Å². The van der Waals surface area contributed by atoms with Gasteiger partial charge in [0.1, 0.15) is 0 Å². The van der Waals surface area contributed by atoms with Crippen LogP contribution in [0.25, 0.3) is 10.9 Å². The maximum Gasteiger partial charge on any atom is 0.189 e. The molecule has 5 heteroatoms. The first-order valence-corrected chi connectivity index (χ1v) is 6.67. The quantitative estimate of drug-likeness (QED) is 0.752. The van der Waals surface area contributed by atoms with E-state index in [-0.39, 0.29) is 11.3 Å². The summed E-state index contributed by atoms with van der Waals surface area (Å²) >= 11 is 15.5. The van der Waals surface area contributed by atoms with Gasteiger partial charge in [0.2, 0.25) is 0 Å². The molecule has 0 radical (unpaired) electrons. The largest absolute Gasteiger partial charge is 0.357 e. The summed E-state index contributed by atoms with van der Waals surface area (Å²) in [6.07, 6.45) is 0. The molecule has 0 bridgehead atoms. The van der Waals surface area contributed by atoms with Crippen LogP contribution >= 0.6 is 39.1 Å². The van der Waals surface area contributed by atoms with Crippen molar-refractivity contribution in [3.63, 3.8) is 0 Å². The molecule has 0 spiro atoms. The van der Waals surface area contributed by atoms with Gasteiger partial charge in [-0.2, -0.15) is 0 Å². The summed E-state index contributed by atoms with van der Waals surface area (Å²) in [4.78, 5) is 15.1. The number of fused-ring (bicyclic) bond motifs is 1. The molecule has 0 unspecified atom stereocenters. The van der Waals surface area contributed by atoms with Crippen molar-refractivity contribution >= 4 is 50.0 Å². The maximum atomic E-state index is 12.0. The Morgan fingerprint density at radius 1 is 1.24 bits per heavy atom. The highest BCUT2D eigenvalue weighted by molar-refractivity contribution is 9.10. The second-order valence-electron chi connectivity index (χ2n) is 4.15. The lowest BCUT2D eigenvalue weighted by Crippen LogP contribution is -2.06. The van der Waals surface area contributed by atoms with Crippen molar-refractivity contribution in [3.8, 4) is 0 Å². The van der Waals surface area contributed by atoms with Gasteiger partial charge in [0.05, 0.1) is 15.6 Å². The van der Waals surface area contributed by atoms with Crippen LogP contribution in [0.2, 0.25) is 10.0 Å². The minimum Gasteiger partial charge on any atom is -0.357 e. The molecular weight excluding hydrogens is 325 g/mol. The lowest BCUT2D eigenvalue weighted by Gasteiger charge is -2.10. The SMILES string of the molecule is CC(C)c1cc(=O)c2cc(Br)c(Cl)c(Cl)c2[nH]1. The highest BCUT2D eigenvalue weighted by atomic mass is 79.9. The topological polar surface area (TPSA) is 32.9 Å². The molecule has 0 atom stereocenters. The van der Waals surface area contributed by atoms with Gasteiger partial charge in [-0.15, -0.1) is 0 Å². The predicted octanol–water partition coefficient (Wildman–Crippen LogP) is 4.72. The summed E-state index contributed by atoms with van der Waals surface area (Å²) in [6, 6.07) is 3.29. The number of halogens is 3. The van der Waals surface area contributed by atoms with Gasteiger partial charge in [0, 0.05) is 21.6 Å². The monoisotopic (exact) mass is 333 g/mol. The number of pyridine rings is 1. The predicted molar refractivity (Wildman–Crippen MR) is 76.4 cm³/mol. The summed E-state index contributed by atoms with van der Waals surface area (Å²) in [5.41, 5.74) is 1.39. The summed E-state index contributed by atoms with van der Waals surface area (Å²) in [7, 11) is 0. The van der Waals surface area contributed by atoms with Gasteiger partial charge in [-0.3, -0.25) is 4.79 Å². The zero-order valence-corrected chi connectivity index (χ0v) is 12.4. The van der Waals surface area contributed by atoms with Crippen molar-refractivity contribution < 1.29 is 0 Å². The molecule has 1 aromatic carbocycles. The highest BCUT2D eigenvalue weighted by Crippen LogP contribution is 2.35. The minimum atomic E-state index is -0.0540. The Bertz CT molecular complexity index is 649. The van der Waals surface area contributed by atoms with Gasteiger partial charge in [-0.05, 0) is 27.9 Å². The third kappa shape index (κ3) is 2.24. The van der Waals surface area contributed by atoms with Crippen LogP contribution in [-0.2, 0) is 0 Å². The first kappa shape index (κ1) is 12.9. The van der Waals surface area contributed by atoms with E-state index in [0.717, 1.165) is 5.69 Å². The number of rotatable bonds is 1. The van der Waals surface area contributed by atoms with E-state index in [0.29, 0.717) is 25.4 Å². The van der Waals surface area contributed by atoms with Gasteiger partial charge in [-0.1, -0.05) is 37.0 Å². The first-order valence-electron chi connectivity index (χ1n) is 5.12. The van der Waals surface area contributed by atoms with Crippen LogP contribution in [0.1, 0.15) is 25.5 Å². The summed E-state index contributed by atoms with van der Waals surface area (Å²) in [5.74, 6) is 0.227. The third-order valence-electron chi connectivity index (χ3n) is 2.61. The zero-order chi connectivity index (χ0) is 12.7. The van der Waals surface area contributed by atoms with E-state index in [1.807, 2.05) is 13.8 Å². The Kier molecular flexibility index (Phi) is 3.53. The van der Waals surface area contributed by atoms with Crippen LogP contribution in [0.4, 0.5) is 0 Å². The van der Waals surface area contributed by atoms with Crippen LogP contribution in [0.3, 0.4) is 0 Å². The van der Waals surface area contributed by atoms with E-state index in [2.05, 4.69) is 20.9 Å². The molecule has 0 saturated carbocycles. The van der Waals surface area contributed by atoms with Gasteiger partial charge in [-0.25, -0.2) is 0 Å². The average molecular weight is 335 g/mol. The lowest BCUT2D eigenvalue weighted by atomic mass is 10.1. The van der Waals surface area contributed by atoms with E-state index >= 15 is 0 Å². The fourth-order valence-electron chi connectivity index (χ4n) is 1.62. The summed E-state index contributed by atoms with van der Waals surface area (Å²) in [6.45, 7) is 4.01. The van der Waals surface area contributed by atoms with Crippen molar-refractivity contribution in [2.24, 2.45) is 0 Å². The highest BCUT2D eigenvalue weighted by Gasteiger charge is 2.13. The van der Waals surface area contributed by atoms with E-state index in [1.54, 1.807) is 12.1 Å². The van der Waals surface area contributed by atoms with Crippen LogP contribution in [0, 0.1) is 0 Å². The molecule has 2 aromatic rings. The molecule has 2 rings (SSSR count). The number of hydrogen-bond donors (Lipinski definition) is 1. The zero-order valence-electron chi connectivity index (χ0n) is 9.27. The van der Waals surface area contributed by atoms with Crippen LogP contribution in [-0.4, -0.2) is 4.98 Å². The Balaban J connectivity index is 2.93. The molecule has 0 aliphatic carbocycles. The van der Waals surface area contributed by atoms with Crippen LogP contribution in [0.15, 0.2) is 21.4 Å². The van der Waals surface area contributed by atoms with Crippen molar-refractivity contribution in [1.82, 2.24) is 4.98 Å². The molecule has 1 heterocycles. The molecule has 0 fully saturated rings. The average Bonchev–Trinajstić information content (AvgIpc) is 2.27. The van der Waals surface area contributed by atoms with E-state index in [4.69, 9.17) is 23.2 Å². The van der Waals surface area contributed by atoms with Crippen molar-refractivity contribution in [2.75, 3.05) is 0 Å². The molecular formula is C12H10BrCl2NO. The van der Waals surface area contributed by atoms with Crippen LogP contribution in [0.5, 0.6) is 0 Å². The van der Waals surface area contributed by atoms with Crippen molar-refractivity contribution in [1.29, 1.82) is 0 Å². The lowest BCUT2D eigenvalue weighted by molar-refractivity contribution is 0.828.